The molecule has 0 aliphatic rings. The van der Waals surface area contributed by atoms with Crippen LogP contribution < -0.4 is 5.73 Å². The van der Waals surface area contributed by atoms with Crippen molar-refractivity contribution < 1.29 is 0 Å². The number of nitrogens with zero attached hydrogens (tertiary/aromatic N) is 2. The highest BCUT2D eigenvalue weighted by atomic mass is 35.5. The number of hydrogen-bond acceptors (Lipinski definition) is 3. The maximum atomic E-state index is 6.10. The van der Waals surface area contributed by atoms with Crippen molar-refractivity contribution in [2.75, 3.05) is 18.8 Å². The number of pyridine rings is 1. The van der Waals surface area contributed by atoms with E-state index in [4.69, 9.17) is 17.3 Å². The third kappa shape index (κ3) is 3.99. The third-order valence-electron chi connectivity index (χ3n) is 2.39. The molecule has 0 bridgehead atoms. The van der Waals surface area contributed by atoms with Crippen molar-refractivity contribution in [1.29, 1.82) is 0 Å². The smallest absolute Gasteiger partial charge is 0.123 e. The van der Waals surface area contributed by atoms with Gasteiger partial charge in [0.1, 0.15) is 5.82 Å². The Bertz CT molecular complexity index is 322. The zero-order valence-corrected chi connectivity index (χ0v) is 10.8. The van der Waals surface area contributed by atoms with E-state index in [0.717, 1.165) is 38.2 Å². The molecule has 0 aliphatic heterocycles. The van der Waals surface area contributed by atoms with Crippen molar-refractivity contribution in [2.45, 2.75) is 33.2 Å². The summed E-state index contributed by atoms with van der Waals surface area (Å²) in [7, 11) is 0. The Morgan fingerprint density at radius 2 is 1.88 bits per heavy atom. The van der Waals surface area contributed by atoms with Crippen LogP contribution >= 0.6 is 11.6 Å². The van der Waals surface area contributed by atoms with E-state index in [9.17, 15) is 0 Å². The van der Waals surface area contributed by atoms with Crippen LogP contribution in [0, 0.1) is 0 Å². The Hall–Kier alpha value is -0.800. The van der Waals surface area contributed by atoms with Crippen molar-refractivity contribution in [1.82, 2.24) is 9.88 Å². The predicted molar refractivity (Wildman–Crippen MR) is 69.5 cm³/mol. The molecule has 1 rings (SSSR count). The minimum Gasteiger partial charge on any atom is -0.384 e. The van der Waals surface area contributed by atoms with Crippen molar-refractivity contribution in [3.05, 3.63) is 22.8 Å². The van der Waals surface area contributed by atoms with Gasteiger partial charge in [0, 0.05) is 6.54 Å². The van der Waals surface area contributed by atoms with Gasteiger partial charge in [-0.3, -0.25) is 4.90 Å². The predicted octanol–water partition coefficient (Wildman–Crippen LogP) is 2.94. The molecular weight excluding hydrogens is 222 g/mol. The zero-order valence-electron chi connectivity index (χ0n) is 10.0. The van der Waals surface area contributed by atoms with Crippen molar-refractivity contribution >= 4 is 17.4 Å². The van der Waals surface area contributed by atoms with E-state index in [-0.39, 0.29) is 0 Å². The maximum Gasteiger partial charge on any atom is 0.123 e. The van der Waals surface area contributed by atoms with Crippen molar-refractivity contribution in [2.24, 2.45) is 0 Å². The van der Waals surface area contributed by atoms with Gasteiger partial charge in [0.05, 0.1) is 10.7 Å². The second-order valence-electron chi connectivity index (χ2n) is 3.94. The molecule has 16 heavy (non-hydrogen) atoms. The zero-order chi connectivity index (χ0) is 12.0. The van der Waals surface area contributed by atoms with Crippen molar-refractivity contribution in [3.8, 4) is 0 Å². The van der Waals surface area contributed by atoms with Gasteiger partial charge in [-0.05, 0) is 38.1 Å². The molecule has 1 aromatic rings. The molecule has 1 heterocycles. The number of anilines is 1. The number of nitrogen functional groups attached to an aromatic ring is 1. The summed E-state index contributed by atoms with van der Waals surface area (Å²) >= 11 is 6.10. The highest BCUT2D eigenvalue weighted by Crippen LogP contribution is 2.17. The first-order chi connectivity index (χ1) is 7.67. The standard InChI is InChI=1S/C12H20ClN3/c1-3-7-16(8-4-2)9-11-10(13)5-6-12(14)15-11/h5-6H,3-4,7-9H2,1-2H3,(H2,14,15). The quantitative estimate of drug-likeness (QED) is 0.833. The van der Waals surface area contributed by atoms with Crippen LogP contribution in [-0.2, 0) is 6.54 Å². The fourth-order valence-electron chi connectivity index (χ4n) is 1.73. The Kier molecular flexibility index (Phi) is 5.56. The van der Waals surface area contributed by atoms with E-state index < -0.39 is 0 Å². The Balaban J connectivity index is 2.71. The van der Waals surface area contributed by atoms with Crippen LogP contribution in [0.4, 0.5) is 5.82 Å². The maximum absolute atomic E-state index is 6.10. The van der Waals surface area contributed by atoms with Gasteiger partial charge in [-0.15, -0.1) is 0 Å². The average Bonchev–Trinajstić information content (AvgIpc) is 2.24. The summed E-state index contributed by atoms with van der Waals surface area (Å²) in [5.41, 5.74) is 6.54. The lowest BCUT2D eigenvalue weighted by molar-refractivity contribution is 0.263. The summed E-state index contributed by atoms with van der Waals surface area (Å²) < 4.78 is 0. The SMILES string of the molecule is CCCN(CCC)Cc1nc(N)ccc1Cl. The lowest BCUT2D eigenvalue weighted by Crippen LogP contribution is -2.25. The first kappa shape index (κ1) is 13.3. The summed E-state index contributed by atoms with van der Waals surface area (Å²) in [4.78, 5) is 6.64. The van der Waals surface area contributed by atoms with E-state index in [2.05, 4.69) is 23.7 Å². The van der Waals surface area contributed by atoms with E-state index in [1.807, 2.05) is 6.07 Å². The van der Waals surface area contributed by atoms with E-state index in [0.29, 0.717) is 10.8 Å². The summed E-state index contributed by atoms with van der Waals surface area (Å²) in [5.74, 6) is 0.535. The summed E-state index contributed by atoms with van der Waals surface area (Å²) in [6, 6.07) is 3.55. The molecule has 4 heteroatoms. The van der Waals surface area contributed by atoms with E-state index in [1.54, 1.807) is 6.07 Å². The lowest BCUT2D eigenvalue weighted by atomic mass is 10.3. The highest BCUT2D eigenvalue weighted by molar-refractivity contribution is 6.31. The number of halogens is 1. The Labute approximate surface area is 103 Å². The summed E-state index contributed by atoms with van der Waals surface area (Å²) in [6.07, 6.45) is 2.28. The molecule has 90 valence electrons. The normalized spacial score (nSPS) is 11.0. The number of rotatable bonds is 6. The molecule has 0 atom stereocenters. The van der Waals surface area contributed by atoms with Gasteiger partial charge in [-0.2, -0.15) is 0 Å². The summed E-state index contributed by atoms with van der Waals surface area (Å²) in [5, 5.41) is 0.700. The van der Waals surface area contributed by atoms with Crippen LogP contribution in [0.1, 0.15) is 32.4 Å². The topological polar surface area (TPSA) is 42.2 Å². The molecule has 0 fully saturated rings. The van der Waals surface area contributed by atoms with Crippen LogP contribution in [0.25, 0.3) is 0 Å². The molecule has 0 spiro atoms. The van der Waals surface area contributed by atoms with Crippen LogP contribution in [0.3, 0.4) is 0 Å². The molecule has 2 N–H and O–H groups in total. The van der Waals surface area contributed by atoms with Crippen LogP contribution in [-0.4, -0.2) is 23.0 Å². The Morgan fingerprint density at radius 3 is 2.44 bits per heavy atom. The molecule has 0 aliphatic carbocycles. The number of aromatic nitrogens is 1. The van der Waals surface area contributed by atoms with Gasteiger partial charge in [0.15, 0.2) is 0 Å². The number of hydrogen-bond donors (Lipinski definition) is 1. The molecule has 0 radical (unpaired) electrons. The lowest BCUT2D eigenvalue weighted by Gasteiger charge is -2.20. The van der Waals surface area contributed by atoms with Crippen LogP contribution in [0.5, 0.6) is 0 Å². The molecule has 0 saturated heterocycles. The highest BCUT2D eigenvalue weighted by Gasteiger charge is 2.08. The molecule has 3 nitrogen and oxygen atoms in total. The van der Waals surface area contributed by atoms with Gasteiger partial charge in [0.2, 0.25) is 0 Å². The molecular formula is C12H20ClN3. The van der Waals surface area contributed by atoms with Gasteiger partial charge in [-0.25, -0.2) is 4.98 Å². The minimum absolute atomic E-state index is 0.535. The Morgan fingerprint density at radius 1 is 1.25 bits per heavy atom. The molecule has 0 amide bonds. The number of nitrogens with two attached hydrogens (primary N) is 1. The fraction of sp³-hybridized carbons (Fsp3) is 0.583. The fourth-order valence-corrected chi connectivity index (χ4v) is 1.89. The third-order valence-corrected chi connectivity index (χ3v) is 2.74. The first-order valence-electron chi connectivity index (χ1n) is 5.80. The van der Waals surface area contributed by atoms with E-state index in [1.165, 1.54) is 0 Å². The first-order valence-corrected chi connectivity index (χ1v) is 6.18. The van der Waals surface area contributed by atoms with Gasteiger partial charge in [0.25, 0.3) is 0 Å². The van der Waals surface area contributed by atoms with Crippen LogP contribution in [0.2, 0.25) is 5.02 Å². The molecule has 0 aromatic carbocycles. The second kappa shape index (κ2) is 6.71. The second-order valence-corrected chi connectivity index (χ2v) is 4.35. The van der Waals surface area contributed by atoms with Gasteiger partial charge in [-0.1, -0.05) is 25.4 Å². The monoisotopic (exact) mass is 241 g/mol. The molecule has 0 unspecified atom stereocenters. The van der Waals surface area contributed by atoms with Crippen molar-refractivity contribution in [3.63, 3.8) is 0 Å². The van der Waals surface area contributed by atoms with Gasteiger partial charge >= 0.3 is 0 Å². The average molecular weight is 242 g/mol. The summed E-state index contributed by atoms with van der Waals surface area (Å²) in [6.45, 7) is 7.28. The van der Waals surface area contributed by atoms with E-state index >= 15 is 0 Å². The van der Waals surface area contributed by atoms with Gasteiger partial charge < -0.3 is 5.73 Å². The minimum atomic E-state index is 0.535. The largest absolute Gasteiger partial charge is 0.384 e. The molecule has 1 aromatic heterocycles. The van der Waals surface area contributed by atoms with Crippen LogP contribution in [0.15, 0.2) is 12.1 Å². The molecule has 0 saturated carbocycles.